The molecule has 0 amide bonds. The zero-order chi connectivity index (χ0) is 8.27. The summed E-state index contributed by atoms with van der Waals surface area (Å²) in [7, 11) is 0. The maximum absolute atomic E-state index is 10.3. The maximum atomic E-state index is 10.3. The Morgan fingerprint density at radius 3 is 2.77 bits per heavy atom. The van der Waals surface area contributed by atoms with Crippen molar-refractivity contribution in [3.63, 3.8) is 0 Å². The Kier molecular flexibility index (Phi) is 7.11. The molecule has 1 rings (SSSR count). The van der Waals surface area contributed by atoms with Gasteiger partial charge in [-0.05, 0) is 0 Å². The van der Waals surface area contributed by atoms with Gasteiger partial charge in [0.1, 0.15) is 6.04 Å². The second kappa shape index (κ2) is 6.41. The van der Waals surface area contributed by atoms with E-state index in [2.05, 4.69) is 9.97 Å². The van der Waals surface area contributed by atoms with Gasteiger partial charge < -0.3 is 21.3 Å². The lowest BCUT2D eigenvalue weighted by molar-refractivity contribution is -0.138. The molecule has 0 unspecified atom stereocenters. The highest BCUT2D eigenvalue weighted by atomic mass is 35.5. The van der Waals surface area contributed by atoms with E-state index in [-0.39, 0.29) is 24.3 Å². The van der Waals surface area contributed by atoms with Gasteiger partial charge in [0.15, 0.2) is 0 Å². The van der Waals surface area contributed by atoms with Crippen LogP contribution in [0.4, 0.5) is 0 Å². The molecule has 1 aromatic heterocycles. The third kappa shape index (κ3) is 4.46. The number of aromatic amines is 1. The van der Waals surface area contributed by atoms with Gasteiger partial charge in [0, 0.05) is 18.3 Å². The summed E-state index contributed by atoms with van der Waals surface area (Å²) in [6.45, 7) is 0. The first-order valence-corrected chi connectivity index (χ1v) is 3.16. The van der Waals surface area contributed by atoms with E-state index in [1.165, 1.54) is 6.33 Å². The maximum Gasteiger partial charge on any atom is 0.320 e. The van der Waals surface area contributed by atoms with Gasteiger partial charge in [-0.25, -0.2) is 4.98 Å². The lowest BCUT2D eigenvalue weighted by Crippen LogP contribution is -2.32. The normalized spacial score (nSPS) is 10.8. The zero-order valence-electron chi connectivity index (χ0n) is 6.73. The summed E-state index contributed by atoms with van der Waals surface area (Å²) in [4.78, 5) is 16.8. The fraction of sp³-hybridized carbons (Fsp3) is 0.333. The van der Waals surface area contributed by atoms with Crippen LogP contribution in [-0.2, 0) is 11.2 Å². The molecule has 1 heterocycles. The predicted octanol–water partition coefficient (Wildman–Crippen LogP) is -1.04. The number of aromatic nitrogens is 2. The summed E-state index contributed by atoms with van der Waals surface area (Å²) < 4.78 is 0. The molecule has 6 nitrogen and oxygen atoms in total. The average Bonchev–Trinajstić information content (AvgIpc) is 2.39. The Balaban J connectivity index is 0. The van der Waals surface area contributed by atoms with Gasteiger partial charge in [-0.2, -0.15) is 0 Å². The number of carboxylic acid groups (broad SMARTS) is 1. The molecular weight excluding hydrogens is 201 g/mol. The summed E-state index contributed by atoms with van der Waals surface area (Å²) in [6, 6.07) is -0.851. The molecule has 0 fully saturated rings. The number of halogens is 1. The highest BCUT2D eigenvalue weighted by Crippen LogP contribution is 1.95. The minimum atomic E-state index is -1.00. The van der Waals surface area contributed by atoms with E-state index in [1.54, 1.807) is 6.20 Å². The molecule has 13 heavy (non-hydrogen) atoms. The molecular formula is C6H12ClN3O3. The van der Waals surface area contributed by atoms with Crippen molar-refractivity contribution in [2.45, 2.75) is 12.5 Å². The van der Waals surface area contributed by atoms with Crippen LogP contribution >= 0.6 is 12.4 Å². The molecule has 6 N–H and O–H groups in total. The van der Waals surface area contributed by atoms with Gasteiger partial charge in [-0.15, -0.1) is 12.4 Å². The van der Waals surface area contributed by atoms with Crippen LogP contribution in [0.15, 0.2) is 12.5 Å². The SMILES string of the molecule is Cl.O.[15NH2][C@@H](Cc1c[15n]c[15nH]1)C(=O)O. The first-order chi connectivity index (χ1) is 5.20. The molecule has 0 aliphatic rings. The van der Waals surface area contributed by atoms with E-state index in [1.807, 2.05) is 0 Å². The Morgan fingerprint density at radius 2 is 2.38 bits per heavy atom. The Bertz CT molecular complexity index is 239. The third-order valence-electron chi connectivity index (χ3n) is 1.31. The molecule has 0 bridgehead atoms. The topological polar surface area (TPSA) is 123 Å². The van der Waals surface area contributed by atoms with Crippen molar-refractivity contribution in [3.05, 3.63) is 18.2 Å². The number of imidazole rings is 1. The number of nitrogens with one attached hydrogen (secondary N) is 1. The number of aliphatic carboxylic acids is 1. The Labute approximate surface area is 80.9 Å². The molecule has 1 atom stereocenters. The van der Waals surface area contributed by atoms with Crippen molar-refractivity contribution in [1.82, 2.24) is 9.97 Å². The van der Waals surface area contributed by atoms with E-state index in [0.29, 0.717) is 0 Å². The van der Waals surface area contributed by atoms with Crippen LogP contribution in [0.3, 0.4) is 0 Å². The Morgan fingerprint density at radius 1 is 1.77 bits per heavy atom. The van der Waals surface area contributed by atoms with Crippen LogP contribution in [-0.4, -0.2) is 32.6 Å². The molecule has 0 spiro atoms. The number of carbonyl (C=O) groups is 1. The van der Waals surface area contributed by atoms with Crippen LogP contribution in [0.5, 0.6) is 0 Å². The highest BCUT2D eigenvalue weighted by molar-refractivity contribution is 5.85. The van der Waals surface area contributed by atoms with Crippen molar-refractivity contribution in [3.8, 4) is 0 Å². The van der Waals surface area contributed by atoms with Crippen LogP contribution in [0, 0.1) is 0 Å². The molecule has 0 aliphatic heterocycles. The molecule has 0 aliphatic carbocycles. The Hall–Kier alpha value is -1.11. The molecule has 76 valence electrons. The number of hydrogen-bond acceptors (Lipinski definition) is 3. The van der Waals surface area contributed by atoms with Crippen LogP contribution in [0.2, 0.25) is 0 Å². The van der Waals surface area contributed by atoms with E-state index >= 15 is 0 Å². The predicted molar refractivity (Wildman–Crippen MR) is 48.8 cm³/mol. The summed E-state index contributed by atoms with van der Waals surface area (Å²) in [6.07, 6.45) is 3.34. The number of carboxylic acids is 1. The van der Waals surface area contributed by atoms with E-state index in [9.17, 15) is 4.79 Å². The van der Waals surface area contributed by atoms with Gasteiger partial charge in [0.25, 0.3) is 0 Å². The van der Waals surface area contributed by atoms with Gasteiger partial charge in [0.2, 0.25) is 0 Å². The van der Waals surface area contributed by atoms with E-state index in [0.717, 1.165) is 5.69 Å². The lowest BCUT2D eigenvalue weighted by Gasteiger charge is -2.02. The first kappa shape index (κ1) is 14.4. The van der Waals surface area contributed by atoms with Gasteiger partial charge in [0.05, 0.1) is 6.33 Å². The standard InChI is InChI=1S/C6H9N3O2.ClH.H2O/c7-5(6(10)11)1-4-2-8-3-9-4;;/h2-3,5H,1,7H2,(H,8,9)(H,10,11);1H;1H2/t5-;;/m0../s1/i7+1,8+1,9+1;;. The summed E-state index contributed by atoms with van der Waals surface area (Å²) in [5.41, 5.74) is 6.00. The molecule has 0 aromatic carbocycles. The molecule has 0 saturated carbocycles. The van der Waals surface area contributed by atoms with E-state index in [4.69, 9.17) is 10.8 Å². The lowest BCUT2D eigenvalue weighted by atomic mass is 10.2. The quantitative estimate of drug-likeness (QED) is 0.554. The monoisotopic (exact) mass is 212 g/mol. The second-order valence-corrected chi connectivity index (χ2v) is 2.23. The van der Waals surface area contributed by atoms with Crippen molar-refractivity contribution < 1.29 is 15.4 Å². The van der Waals surface area contributed by atoms with Crippen LogP contribution < -0.4 is 5.73 Å². The van der Waals surface area contributed by atoms with Crippen LogP contribution in [0.25, 0.3) is 0 Å². The zero-order valence-corrected chi connectivity index (χ0v) is 7.54. The summed E-state index contributed by atoms with van der Waals surface area (Å²) in [5, 5.41) is 8.42. The fourth-order valence-electron chi connectivity index (χ4n) is 0.721. The third-order valence-corrected chi connectivity index (χ3v) is 1.31. The van der Waals surface area contributed by atoms with Gasteiger partial charge in [-0.3, -0.25) is 4.79 Å². The van der Waals surface area contributed by atoms with E-state index < -0.39 is 12.0 Å². The largest absolute Gasteiger partial charge is 0.480 e. The molecule has 0 saturated heterocycles. The molecule has 7 heteroatoms. The first-order valence-electron chi connectivity index (χ1n) is 3.16. The van der Waals surface area contributed by atoms with Crippen LogP contribution in [0.1, 0.15) is 5.69 Å². The van der Waals surface area contributed by atoms with Crippen molar-refractivity contribution >= 4 is 18.4 Å². The van der Waals surface area contributed by atoms with Crippen molar-refractivity contribution in [1.29, 1.82) is 0 Å². The fourth-order valence-corrected chi connectivity index (χ4v) is 0.721. The minimum absolute atomic E-state index is 0. The van der Waals surface area contributed by atoms with Crippen molar-refractivity contribution in [2.24, 2.45) is 5.73 Å². The number of hydrogen-bond donors (Lipinski definition) is 3. The molecule has 0 radical (unpaired) electrons. The van der Waals surface area contributed by atoms with Gasteiger partial charge in [-0.1, -0.05) is 0 Å². The summed E-state index contributed by atoms with van der Waals surface area (Å²) in [5.74, 6) is -1.00. The number of nitrogens with two attached hydrogens (primary N) is 1. The highest BCUT2D eigenvalue weighted by Gasteiger charge is 2.11. The summed E-state index contributed by atoms with van der Waals surface area (Å²) >= 11 is 0. The van der Waals surface area contributed by atoms with Gasteiger partial charge >= 0.3 is 5.97 Å². The second-order valence-electron chi connectivity index (χ2n) is 2.23. The molecule has 1 aromatic rings. The minimum Gasteiger partial charge on any atom is -0.480 e. The smallest absolute Gasteiger partial charge is 0.320 e. The number of nitrogens with zero attached hydrogens (tertiary/aromatic N) is 1. The average molecular weight is 213 g/mol. The van der Waals surface area contributed by atoms with Crippen molar-refractivity contribution in [2.75, 3.05) is 0 Å². The number of rotatable bonds is 3. The number of H-pyrrole nitrogens is 1.